The van der Waals surface area contributed by atoms with Crippen LogP contribution in [-0.4, -0.2) is 25.7 Å². The average molecular weight is 429 g/mol. The highest BCUT2D eigenvalue weighted by Crippen LogP contribution is 2.33. The maximum absolute atomic E-state index is 12.5. The molecular formula is C23H17ClN6O. The Bertz CT molecular complexity index is 1250. The summed E-state index contributed by atoms with van der Waals surface area (Å²) in [6.45, 7) is 0. The molecule has 0 bridgehead atoms. The standard InChI is InChI=1S/C23H17ClN6O/c24-18-10-8-15(9-11-18)19-13-20(16-5-2-1-3-6-16)30-23(26-19)28-22(29-30)27-21(31)17-7-4-12-25-14-17/h1-14,20H,(H2,26,27,28,29,31)/t20-/m1/s1. The summed E-state index contributed by atoms with van der Waals surface area (Å²) in [6, 6.07) is 20.8. The van der Waals surface area contributed by atoms with Crippen LogP contribution in [0.4, 0.5) is 11.9 Å². The molecule has 7 nitrogen and oxygen atoms in total. The zero-order valence-electron chi connectivity index (χ0n) is 16.2. The lowest BCUT2D eigenvalue weighted by Gasteiger charge is -2.24. The fourth-order valence-corrected chi connectivity index (χ4v) is 3.53. The van der Waals surface area contributed by atoms with Gasteiger partial charge in [-0.3, -0.25) is 15.1 Å². The minimum absolute atomic E-state index is 0.195. The lowest BCUT2D eigenvalue weighted by molar-refractivity contribution is 0.102. The van der Waals surface area contributed by atoms with Crippen LogP contribution in [0.25, 0.3) is 5.70 Å². The van der Waals surface area contributed by atoms with Crippen LogP contribution in [0, 0.1) is 0 Å². The predicted octanol–water partition coefficient (Wildman–Crippen LogP) is 4.63. The molecule has 0 radical (unpaired) electrons. The Morgan fingerprint density at radius 2 is 1.84 bits per heavy atom. The SMILES string of the molecule is O=C(Nc1nc2n(n1)[C@@H](c1ccccc1)C=C(c1ccc(Cl)cc1)N2)c1cccnc1. The second kappa shape index (κ2) is 8.04. The molecule has 1 aliphatic heterocycles. The van der Waals surface area contributed by atoms with Crippen molar-refractivity contribution in [2.75, 3.05) is 10.6 Å². The van der Waals surface area contributed by atoms with E-state index in [4.69, 9.17) is 11.6 Å². The van der Waals surface area contributed by atoms with Gasteiger partial charge in [-0.2, -0.15) is 4.98 Å². The fourth-order valence-electron chi connectivity index (χ4n) is 3.40. The summed E-state index contributed by atoms with van der Waals surface area (Å²) < 4.78 is 1.76. The molecule has 1 atom stereocenters. The molecule has 2 N–H and O–H groups in total. The average Bonchev–Trinajstić information content (AvgIpc) is 3.22. The highest BCUT2D eigenvalue weighted by molar-refractivity contribution is 6.30. The smallest absolute Gasteiger partial charge is 0.259 e. The molecule has 0 fully saturated rings. The first-order valence-electron chi connectivity index (χ1n) is 9.65. The molecule has 5 rings (SSSR count). The molecule has 152 valence electrons. The number of benzene rings is 2. The number of nitrogens with zero attached hydrogens (tertiary/aromatic N) is 4. The monoisotopic (exact) mass is 428 g/mol. The minimum Gasteiger partial charge on any atom is -0.324 e. The molecule has 2 aromatic heterocycles. The molecule has 1 aliphatic rings. The lowest BCUT2D eigenvalue weighted by atomic mass is 10.0. The van der Waals surface area contributed by atoms with Crippen molar-refractivity contribution >= 4 is 35.1 Å². The third kappa shape index (κ3) is 3.91. The summed E-state index contributed by atoms with van der Waals surface area (Å²) in [6.07, 6.45) is 5.19. The van der Waals surface area contributed by atoms with E-state index in [2.05, 4.69) is 31.8 Å². The number of rotatable bonds is 4. The number of carbonyl (C=O) groups excluding carboxylic acids is 1. The summed E-state index contributed by atoms with van der Waals surface area (Å²) in [7, 11) is 0. The number of carbonyl (C=O) groups is 1. The van der Waals surface area contributed by atoms with E-state index in [1.807, 2.05) is 54.6 Å². The van der Waals surface area contributed by atoms with Crippen LogP contribution in [0.5, 0.6) is 0 Å². The van der Waals surface area contributed by atoms with E-state index in [0.717, 1.165) is 16.8 Å². The van der Waals surface area contributed by atoms with Crippen molar-refractivity contribution in [1.82, 2.24) is 19.7 Å². The summed E-state index contributed by atoms with van der Waals surface area (Å²) in [5.41, 5.74) is 3.34. The number of hydrogen-bond acceptors (Lipinski definition) is 5. The van der Waals surface area contributed by atoms with Gasteiger partial charge in [0.15, 0.2) is 0 Å². The number of aromatic nitrogens is 4. The van der Waals surface area contributed by atoms with E-state index in [1.165, 1.54) is 6.20 Å². The van der Waals surface area contributed by atoms with Crippen LogP contribution >= 0.6 is 11.6 Å². The van der Waals surface area contributed by atoms with E-state index < -0.39 is 0 Å². The summed E-state index contributed by atoms with van der Waals surface area (Å²) >= 11 is 6.05. The van der Waals surface area contributed by atoms with Crippen molar-refractivity contribution in [3.8, 4) is 0 Å². The zero-order valence-corrected chi connectivity index (χ0v) is 17.0. The summed E-state index contributed by atoms with van der Waals surface area (Å²) in [5.74, 6) is 0.420. The Morgan fingerprint density at radius 3 is 2.58 bits per heavy atom. The number of fused-ring (bicyclic) bond motifs is 1. The van der Waals surface area contributed by atoms with Crippen molar-refractivity contribution in [2.45, 2.75) is 6.04 Å². The molecule has 0 spiro atoms. The van der Waals surface area contributed by atoms with Gasteiger partial charge in [0.25, 0.3) is 11.9 Å². The number of halogens is 1. The third-order valence-corrected chi connectivity index (χ3v) is 5.16. The van der Waals surface area contributed by atoms with E-state index >= 15 is 0 Å². The number of anilines is 2. The van der Waals surface area contributed by atoms with Crippen molar-refractivity contribution < 1.29 is 4.79 Å². The molecule has 31 heavy (non-hydrogen) atoms. The quantitative estimate of drug-likeness (QED) is 0.495. The largest absolute Gasteiger partial charge is 0.324 e. The summed E-state index contributed by atoms with van der Waals surface area (Å²) in [5, 5.41) is 11.3. The fraction of sp³-hybridized carbons (Fsp3) is 0.0435. The highest BCUT2D eigenvalue weighted by atomic mass is 35.5. The van der Waals surface area contributed by atoms with Crippen LogP contribution in [0.3, 0.4) is 0 Å². The third-order valence-electron chi connectivity index (χ3n) is 4.91. The molecule has 0 saturated heterocycles. The molecule has 4 aromatic rings. The number of allylic oxidation sites excluding steroid dienone is 1. The Labute approximate surface area is 183 Å². The van der Waals surface area contributed by atoms with E-state index in [1.54, 1.807) is 23.0 Å². The maximum Gasteiger partial charge on any atom is 0.259 e. The van der Waals surface area contributed by atoms with E-state index in [-0.39, 0.29) is 17.9 Å². The molecule has 3 heterocycles. The normalized spacial score (nSPS) is 14.9. The first-order chi connectivity index (χ1) is 15.2. The van der Waals surface area contributed by atoms with Crippen LogP contribution in [0.2, 0.25) is 5.02 Å². The predicted molar refractivity (Wildman–Crippen MR) is 120 cm³/mol. The van der Waals surface area contributed by atoms with Gasteiger partial charge < -0.3 is 5.32 Å². The molecule has 0 aliphatic carbocycles. The van der Waals surface area contributed by atoms with Gasteiger partial charge in [-0.05, 0) is 41.5 Å². The maximum atomic E-state index is 12.5. The number of pyridine rings is 1. The number of nitrogens with one attached hydrogen (secondary N) is 2. The second-order valence-electron chi connectivity index (χ2n) is 6.97. The Kier molecular flexibility index (Phi) is 4.93. The van der Waals surface area contributed by atoms with Crippen LogP contribution in [0.15, 0.2) is 85.2 Å². The van der Waals surface area contributed by atoms with E-state index in [9.17, 15) is 4.79 Å². The van der Waals surface area contributed by atoms with Crippen molar-refractivity contribution in [3.63, 3.8) is 0 Å². The van der Waals surface area contributed by atoms with Crippen molar-refractivity contribution in [2.24, 2.45) is 0 Å². The molecule has 0 unspecified atom stereocenters. The highest BCUT2D eigenvalue weighted by Gasteiger charge is 2.25. The molecular weight excluding hydrogens is 412 g/mol. The minimum atomic E-state index is -0.321. The number of hydrogen-bond donors (Lipinski definition) is 2. The summed E-state index contributed by atoms with van der Waals surface area (Å²) in [4.78, 5) is 21.0. The van der Waals surface area contributed by atoms with Crippen LogP contribution in [0.1, 0.15) is 27.5 Å². The van der Waals surface area contributed by atoms with Crippen LogP contribution in [-0.2, 0) is 0 Å². The van der Waals surface area contributed by atoms with Gasteiger partial charge in [0, 0.05) is 23.1 Å². The zero-order chi connectivity index (χ0) is 21.2. The first kappa shape index (κ1) is 19.0. The Morgan fingerprint density at radius 1 is 1.03 bits per heavy atom. The molecule has 1 amide bonds. The van der Waals surface area contributed by atoms with Gasteiger partial charge >= 0.3 is 0 Å². The van der Waals surface area contributed by atoms with Gasteiger partial charge in [0.1, 0.15) is 6.04 Å². The lowest BCUT2D eigenvalue weighted by Crippen LogP contribution is -2.20. The second-order valence-corrected chi connectivity index (χ2v) is 7.40. The van der Waals surface area contributed by atoms with Crippen molar-refractivity contribution in [3.05, 3.63) is 107 Å². The molecule has 0 saturated carbocycles. The number of amides is 1. The Hall–Kier alpha value is -3.97. The van der Waals surface area contributed by atoms with Gasteiger partial charge in [-0.15, -0.1) is 5.10 Å². The van der Waals surface area contributed by atoms with Gasteiger partial charge in [0.2, 0.25) is 5.95 Å². The Balaban J connectivity index is 1.51. The van der Waals surface area contributed by atoms with Crippen LogP contribution < -0.4 is 10.6 Å². The van der Waals surface area contributed by atoms with E-state index in [0.29, 0.717) is 16.5 Å². The first-order valence-corrected chi connectivity index (χ1v) is 10.0. The topological polar surface area (TPSA) is 84.7 Å². The van der Waals surface area contributed by atoms with Gasteiger partial charge in [-0.1, -0.05) is 54.1 Å². The molecule has 8 heteroatoms. The van der Waals surface area contributed by atoms with Gasteiger partial charge in [0.05, 0.1) is 5.56 Å². The van der Waals surface area contributed by atoms with Crippen molar-refractivity contribution in [1.29, 1.82) is 0 Å². The molecule has 2 aromatic carbocycles. The van der Waals surface area contributed by atoms with Gasteiger partial charge in [-0.25, -0.2) is 4.68 Å².